The van der Waals surface area contributed by atoms with Gasteiger partial charge in [-0.05, 0) is 11.6 Å². The van der Waals surface area contributed by atoms with Crippen LogP contribution in [0.5, 0.6) is 0 Å². The molecule has 0 fully saturated rings. The Bertz CT molecular complexity index is 215. The second kappa shape index (κ2) is 4.01. The molecular formula is C7H8BrNS. The van der Waals surface area contributed by atoms with E-state index in [0.717, 1.165) is 10.2 Å². The van der Waals surface area contributed by atoms with E-state index in [9.17, 15) is 0 Å². The molecule has 0 unspecified atom stereocenters. The van der Waals surface area contributed by atoms with Crippen LogP contribution in [0.3, 0.4) is 0 Å². The summed E-state index contributed by atoms with van der Waals surface area (Å²) in [4.78, 5) is 0. The van der Waals surface area contributed by atoms with Crippen LogP contribution in [-0.2, 0) is 5.75 Å². The van der Waals surface area contributed by atoms with Gasteiger partial charge in [-0.15, -0.1) is 0 Å². The van der Waals surface area contributed by atoms with Crippen molar-refractivity contribution in [1.29, 1.82) is 0 Å². The molecule has 0 saturated carbocycles. The van der Waals surface area contributed by atoms with Gasteiger partial charge in [0.2, 0.25) is 0 Å². The molecule has 0 aliphatic carbocycles. The van der Waals surface area contributed by atoms with Gasteiger partial charge in [-0.25, -0.2) is 0 Å². The Morgan fingerprint density at radius 1 is 1.40 bits per heavy atom. The maximum Gasteiger partial charge on any atom is 0.0339 e. The van der Waals surface area contributed by atoms with E-state index in [1.165, 1.54) is 17.5 Å². The maximum absolute atomic E-state index is 5.33. The van der Waals surface area contributed by atoms with Gasteiger partial charge >= 0.3 is 0 Å². The van der Waals surface area contributed by atoms with Gasteiger partial charge in [0.15, 0.2) is 0 Å². The molecule has 0 aliphatic rings. The molecule has 0 amide bonds. The molecule has 0 radical (unpaired) electrons. The number of halogens is 1. The first-order valence-electron chi connectivity index (χ1n) is 2.89. The van der Waals surface area contributed by atoms with Gasteiger partial charge in [0, 0.05) is 10.2 Å². The fourth-order valence-corrected chi connectivity index (χ4v) is 1.75. The highest BCUT2D eigenvalue weighted by Gasteiger charge is 1.94. The minimum absolute atomic E-state index is 0.863. The van der Waals surface area contributed by atoms with Crippen LogP contribution in [-0.4, -0.2) is 0 Å². The minimum Gasteiger partial charge on any atom is -0.278 e. The van der Waals surface area contributed by atoms with Gasteiger partial charge in [-0.1, -0.05) is 46.1 Å². The molecular weight excluding hydrogens is 210 g/mol. The van der Waals surface area contributed by atoms with E-state index in [2.05, 4.69) is 22.0 Å². The summed E-state index contributed by atoms with van der Waals surface area (Å²) in [5.41, 5.74) is 1.25. The number of rotatable bonds is 2. The summed E-state index contributed by atoms with van der Waals surface area (Å²) in [6.07, 6.45) is 0. The molecule has 1 rings (SSSR count). The first kappa shape index (κ1) is 8.11. The van der Waals surface area contributed by atoms with Gasteiger partial charge < -0.3 is 0 Å². The van der Waals surface area contributed by atoms with E-state index >= 15 is 0 Å². The predicted molar refractivity (Wildman–Crippen MR) is 49.6 cm³/mol. The summed E-state index contributed by atoms with van der Waals surface area (Å²) in [7, 11) is 0. The summed E-state index contributed by atoms with van der Waals surface area (Å²) >= 11 is 4.77. The second-order valence-corrected chi connectivity index (χ2v) is 3.38. The van der Waals surface area contributed by atoms with Crippen LogP contribution in [0.1, 0.15) is 5.56 Å². The molecule has 0 atom stereocenters. The first-order chi connectivity index (χ1) is 4.84. The predicted octanol–water partition coefficient (Wildman–Crippen LogP) is 2.56. The minimum atomic E-state index is 0.863. The average molecular weight is 218 g/mol. The number of hydrogen-bond donors (Lipinski definition) is 1. The maximum atomic E-state index is 5.33. The molecule has 54 valence electrons. The topological polar surface area (TPSA) is 26.0 Å². The third kappa shape index (κ3) is 2.01. The van der Waals surface area contributed by atoms with Crippen molar-refractivity contribution >= 4 is 27.9 Å². The zero-order valence-corrected chi connectivity index (χ0v) is 7.78. The third-order valence-corrected chi connectivity index (χ3v) is 2.45. The average Bonchev–Trinajstić information content (AvgIpc) is 1.94. The molecule has 0 aliphatic heterocycles. The van der Waals surface area contributed by atoms with Gasteiger partial charge in [-0.3, -0.25) is 5.14 Å². The Labute approximate surface area is 73.3 Å². The van der Waals surface area contributed by atoms with Crippen molar-refractivity contribution in [3.8, 4) is 0 Å². The molecule has 0 spiro atoms. The molecule has 1 nitrogen and oxygen atoms in total. The van der Waals surface area contributed by atoms with Gasteiger partial charge in [0.05, 0.1) is 0 Å². The summed E-state index contributed by atoms with van der Waals surface area (Å²) < 4.78 is 1.13. The summed E-state index contributed by atoms with van der Waals surface area (Å²) in [6.45, 7) is 0. The van der Waals surface area contributed by atoms with Crippen molar-refractivity contribution in [3.63, 3.8) is 0 Å². The highest BCUT2D eigenvalue weighted by Crippen LogP contribution is 2.18. The Kier molecular flexibility index (Phi) is 3.25. The van der Waals surface area contributed by atoms with Crippen LogP contribution >= 0.6 is 27.9 Å². The second-order valence-electron chi connectivity index (χ2n) is 1.90. The zero-order chi connectivity index (χ0) is 7.40. The molecule has 2 N–H and O–H groups in total. The van der Waals surface area contributed by atoms with Crippen LogP contribution in [0.2, 0.25) is 0 Å². The molecule has 0 bridgehead atoms. The Hall–Kier alpha value is 0.01000. The van der Waals surface area contributed by atoms with E-state index in [-0.39, 0.29) is 0 Å². The van der Waals surface area contributed by atoms with E-state index in [4.69, 9.17) is 5.14 Å². The van der Waals surface area contributed by atoms with Crippen LogP contribution in [0.25, 0.3) is 0 Å². The summed E-state index contributed by atoms with van der Waals surface area (Å²) in [5, 5.41) is 5.33. The molecule has 10 heavy (non-hydrogen) atoms. The number of benzene rings is 1. The van der Waals surface area contributed by atoms with Crippen molar-refractivity contribution in [2.45, 2.75) is 5.75 Å². The molecule has 0 heterocycles. The molecule has 3 heteroatoms. The number of nitrogens with two attached hydrogens (primary N) is 1. The monoisotopic (exact) mass is 217 g/mol. The van der Waals surface area contributed by atoms with E-state index in [1.807, 2.05) is 18.2 Å². The lowest BCUT2D eigenvalue weighted by Gasteiger charge is -1.99. The summed E-state index contributed by atoms with van der Waals surface area (Å²) in [5.74, 6) is 0.863. The molecule has 1 aromatic carbocycles. The summed E-state index contributed by atoms with van der Waals surface area (Å²) in [6, 6.07) is 8.08. The highest BCUT2D eigenvalue weighted by molar-refractivity contribution is 9.10. The standard InChI is InChI=1S/C7H8BrNS/c8-7-4-2-1-3-6(7)5-10-9/h1-4H,5,9H2. The van der Waals surface area contributed by atoms with E-state index in [0.29, 0.717) is 0 Å². The molecule has 0 aromatic heterocycles. The van der Waals surface area contributed by atoms with Gasteiger partial charge in [0.1, 0.15) is 0 Å². The van der Waals surface area contributed by atoms with Crippen LogP contribution in [0, 0.1) is 0 Å². The van der Waals surface area contributed by atoms with Crippen molar-refractivity contribution in [2.24, 2.45) is 5.14 Å². The first-order valence-corrected chi connectivity index (χ1v) is 4.74. The van der Waals surface area contributed by atoms with Crippen LogP contribution in [0.15, 0.2) is 28.7 Å². The Morgan fingerprint density at radius 3 is 2.70 bits per heavy atom. The fourth-order valence-electron chi connectivity index (χ4n) is 0.705. The van der Waals surface area contributed by atoms with Crippen LogP contribution < -0.4 is 5.14 Å². The fraction of sp³-hybridized carbons (Fsp3) is 0.143. The van der Waals surface area contributed by atoms with Crippen molar-refractivity contribution in [3.05, 3.63) is 34.3 Å². The number of hydrogen-bond acceptors (Lipinski definition) is 2. The van der Waals surface area contributed by atoms with E-state index in [1.54, 1.807) is 0 Å². The smallest absolute Gasteiger partial charge is 0.0339 e. The van der Waals surface area contributed by atoms with Gasteiger partial charge in [0.25, 0.3) is 0 Å². The third-order valence-electron chi connectivity index (χ3n) is 1.20. The Balaban J connectivity index is 2.81. The molecule has 1 aromatic rings. The normalized spacial score (nSPS) is 9.80. The highest BCUT2D eigenvalue weighted by atomic mass is 79.9. The van der Waals surface area contributed by atoms with E-state index < -0.39 is 0 Å². The van der Waals surface area contributed by atoms with Crippen molar-refractivity contribution in [1.82, 2.24) is 0 Å². The van der Waals surface area contributed by atoms with Crippen molar-refractivity contribution < 1.29 is 0 Å². The lowest BCUT2D eigenvalue weighted by Crippen LogP contribution is -1.85. The largest absolute Gasteiger partial charge is 0.278 e. The Morgan fingerprint density at radius 2 is 2.10 bits per heavy atom. The lowest BCUT2D eigenvalue weighted by atomic mass is 10.2. The lowest BCUT2D eigenvalue weighted by molar-refractivity contribution is 1.38. The van der Waals surface area contributed by atoms with Gasteiger partial charge in [-0.2, -0.15) is 0 Å². The van der Waals surface area contributed by atoms with Crippen LogP contribution in [0.4, 0.5) is 0 Å². The SMILES string of the molecule is NSCc1ccccc1Br. The quantitative estimate of drug-likeness (QED) is 0.772. The van der Waals surface area contributed by atoms with Crippen molar-refractivity contribution in [2.75, 3.05) is 0 Å². The molecule has 0 saturated heterocycles. The zero-order valence-electron chi connectivity index (χ0n) is 5.38.